The average molecular weight is 372 g/mol. The van der Waals surface area contributed by atoms with Crippen molar-refractivity contribution < 1.29 is 23.9 Å². The molecule has 0 radical (unpaired) electrons. The molecule has 5 heteroatoms. The van der Waals surface area contributed by atoms with E-state index in [0.717, 1.165) is 5.57 Å². The van der Waals surface area contributed by atoms with Crippen LogP contribution >= 0.6 is 0 Å². The highest BCUT2D eigenvalue weighted by Gasteiger charge is 2.62. The lowest BCUT2D eigenvalue weighted by molar-refractivity contribution is -0.150. The highest BCUT2D eigenvalue weighted by atomic mass is 16.5. The van der Waals surface area contributed by atoms with Crippen molar-refractivity contribution in [3.8, 4) is 0 Å². The van der Waals surface area contributed by atoms with Gasteiger partial charge in [0.25, 0.3) is 0 Å². The van der Waals surface area contributed by atoms with Gasteiger partial charge in [0.1, 0.15) is 6.10 Å². The third-order valence-electron chi connectivity index (χ3n) is 5.62. The molecule has 0 amide bonds. The van der Waals surface area contributed by atoms with Gasteiger partial charge in [0.15, 0.2) is 5.78 Å². The Labute approximate surface area is 160 Å². The number of rotatable bonds is 7. The summed E-state index contributed by atoms with van der Waals surface area (Å²) >= 11 is 0. The lowest BCUT2D eigenvalue weighted by Crippen LogP contribution is -2.20. The Morgan fingerprint density at radius 1 is 1.33 bits per heavy atom. The third kappa shape index (κ3) is 4.29. The van der Waals surface area contributed by atoms with Crippen LogP contribution in [0.2, 0.25) is 0 Å². The van der Waals surface area contributed by atoms with Gasteiger partial charge in [-0.25, -0.2) is 4.79 Å². The van der Waals surface area contributed by atoms with Crippen LogP contribution in [0.15, 0.2) is 47.6 Å². The molecule has 0 saturated heterocycles. The highest BCUT2D eigenvalue weighted by Crippen LogP contribution is 2.60. The third-order valence-corrected chi connectivity index (χ3v) is 5.62. The van der Waals surface area contributed by atoms with Gasteiger partial charge in [-0.1, -0.05) is 44.7 Å². The van der Waals surface area contributed by atoms with Gasteiger partial charge >= 0.3 is 11.9 Å². The molecule has 5 nitrogen and oxygen atoms in total. The molecule has 0 bridgehead atoms. The Hall–Kier alpha value is -2.43. The Balaban J connectivity index is 2.07. The molecule has 27 heavy (non-hydrogen) atoms. The molecule has 0 spiro atoms. The van der Waals surface area contributed by atoms with Gasteiger partial charge < -0.3 is 9.47 Å². The zero-order valence-electron chi connectivity index (χ0n) is 16.7. The van der Waals surface area contributed by atoms with Gasteiger partial charge in [-0.15, -0.1) is 0 Å². The summed E-state index contributed by atoms with van der Waals surface area (Å²) in [5, 5.41) is 0. The second-order valence-corrected chi connectivity index (χ2v) is 7.75. The molecule has 0 aliphatic heterocycles. The van der Waals surface area contributed by atoms with E-state index in [1.54, 1.807) is 25.2 Å². The zero-order valence-corrected chi connectivity index (χ0v) is 16.7. The fourth-order valence-corrected chi connectivity index (χ4v) is 3.70. The molecular formula is C22H28O5. The van der Waals surface area contributed by atoms with E-state index in [4.69, 9.17) is 9.47 Å². The summed E-state index contributed by atoms with van der Waals surface area (Å²) in [4.78, 5) is 36.5. The fraction of sp³-hybridized carbons (Fsp3) is 0.500. The molecule has 1 fully saturated rings. The Morgan fingerprint density at radius 3 is 2.59 bits per heavy atom. The molecule has 0 unspecified atom stereocenters. The molecule has 1 saturated carbocycles. The smallest absolute Gasteiger partial charge is 0.333 e. The highest BCUT2D eigenvalue weighted by molar-refractivity contribution is 6.00. The monoisotopic (exact) mass is 372 g/mol. The first kappa shape index (κ1) is 20.9. The summed E-state index contributed by atoms with van der Waals surface area (Å²) < 4.78 is 10.4. The van der Waals surface area contributed by atoms with Gasteiger partial charge in [-0.3, -0.25) is 9.59 Å². The number of hydrogen-bond acceptors (Lipinski definition) is 5. The quantitative estimate of drug-likeness (QED) is 0.387. The van der Waals surface area contributed by atoms with Crippen LogP contribution in [0.1, 0.15) is 40.5 Å². The van der Waals surface area contributed by atoms with Gasteiger partial charge in [0.2, 0.25) is 0 Å². The maximum Gasteiger partial charge on any atom is 0.333 e. The number of Topliss-reactive ketones (excluding diaryl/α,β-unsaturated/α-hetero) is 1. The number of ether oxygens (including phenoxy) is 2. The van der Waals surface area contributed by atoms with Crippen LogP contribution in [0.5, 0.6) is 0 Å². The summed E-state index contributed by atoms with van der Waals surface area (Å²) in [5.41, 5.74) is 1.72. The molecule has 0 aromatic heterocycles. The Kier molecular flexibility index (Phi) is 6.24. The van der Waals surface area contributed by atoms with E-state index in [9.17, 15) is 14.4 Å². The Bertz CT molecular complexity index is 751. The standard InChI is InChI=1S/C22H28O5/c1-7-8-9-10-15-14(3)18(12-17(15)23)27-21(25)19-16(22(19,4)5)11-13(2)20(24)26-6/h7-9,11,16,18-19H,1,10,12H2,2-6H3/b9-8+,13-11+/t16-,18+,19+/m0/s1. The summed E-state index contributed by atoms with van der Waals surface area (Å²) in [6, 6.07) is 0. The largest absolute Gasteiger partial charge is 0.466 e. The molecule has 0 heterocycles. The minimum absolute atomic E-state index is 0.0204. The van der Waals surface area contributed by atoms with E-state index in [2.05, 4.69) is 6.58 Å². The number of hydrogen-bond donors (Lipinski definition) is 0. The second kappa shape index (κ2) is 8.07. The first-order valence-corrected chi connectivity index (χ1v) is 9.12. The van der Waals surface area contributed by atoms with Crippen LogP contribution in [0.4, 0.5) is 0 Å². The van der Waals surface area contributed by atoms with Gasteiger partial charge in [0, 0.05) is 11.1 Å². The summed E-state index contributed by atoms with van der Waals surface area (Å²) in [7, 11) is 1.33. The molecule has 0 aromatic carbocycles. The van der Waals surface area contributed by atoms with Crippen LogP contribution in [-0.2, 0) is 23.9 Å². The number of esters is 2. The first-order chi connectivity index (χ1) is 12.6. The molecule has 3 atom stereocenters. The maximum absolute atomic E-state index is 12.7. The van der Waals surface area contributed by atoms with Gasteiger partial charge in [0.05, 0.1) is 19.4 Å². The van der Waals surface area contributed by atoms with E-state index in [1.165, 1.54) is 7.11 Å². The summed E-state index contributed by atoms with van der Waals surface area (Å²) in [6.45, 7) is 11.1. The van der Waals surface area contributed by atoms with Crippen molar-refractivity contribution >= 4 is 17.7 Å². The number of ketones is 1. The predicted octanol–water partition coefficient (Wildman–Crippen LogP) is 3.71. The molecule has 0 N–H and O–H groups in total. The number of carbonyl (C=O) groups excluding carboxylic acids is 3. The fourth-order valence-electron chi connectivity index (χ4n) is 3.70. The van der Waals surface area contributed by atoms with Gasteiger partial charge in [-0.2, -0.15) is 0 Å². The van der Waals surface area contributed by atoms with Crippen molar-refractivity contribution in [2.45, 2.75) is 46.6 Å². The van der Waals surface area contributed by atoms with E-state index in [-0.39, 0.29) is 35.4 Å². The van der Waals surface area contributed by atoms with Crippen LogP contribution in [0.25, 0.3) is 0 Å². The average Bonchev–Trinajstić information content (AvgIpc) is 3.05. The lowest BCUT2D eigenvalue weighted by Gasteiger charge is -2.13. The maximum atomic E-state index is 12.7. The first-order valence-electron chi connectivity index (χ1n) is 9.12. The summed E-state index contributed by atoms with van der Waals surface area (Å²) in [6.07, 6.45) is 7.32. The molecule has 0 aromatic rings. The SMILES string of the molecule is C=C/C=C/CC1=C(C)[C@H](OC(=O)[C@H]2[C@H](/C=C(\C)C(=O)OC)C2(C)C)CC1=O. The van der Waals surface area contributed by atoms with Crippen molar-refractivity contribution in [3.05, 3.63) is 47.6 Å². The zero-order chi connectivity index (χ0) is 20.4. The summed E-state index contributed by atoms with van der Waals surface area (Å²) in [5.74, 6) is -1.11. The van der Waals surface area contributed by atoms with E-state index in [1.807, 2.05) is 26.8 Å². The van der Waals surface area contributed by atoms with Crippen molar-refractivity contribution in [1.29, 1.82) is 0 Å². The van der Waals surface area contributed by atoms with Crippen LogP contribution in [0.3, 0.4) is 0 Å². The number of allylic oxidation sites excluding steroid dienone is 5. The lowest BCUT2D eigenvalue weighted by atomic mass is 10.1. The van der Waals surface area contributed by atoms with Crippen LogP contribution < -0.4 is 0 Å². The molecule has 2 rings (SSSR count). The molecule has 2 aliphatic rings. The number of carbonyl (C=O) groups is 3. The predicted molar refractivity (Wildman–Crippen MR) is 103 cm³/mol. The van der Waals surface area contributed by atoms with Gasteiger partial charge in [-0.05, 0) is 37.2 Å². The Morgan fingerprint density at radius 2 is 2.00 bits per heavy atom. The number of methoxy groups -OCH3 is 1. The van der Waals surface area contributed by atoms with Crippen molar-refractivity contribution in [2.75, 3.05) is 7.11 Å². The minimum atomic E-state index is -0.500. The van der Waals surface area contributed by atoms with Crippen LogP contribution in [-0.4, -0.2) is 30.9 Å². The van der Waals surface area contributed by atoms with Crippen molar-refractivity contribution in [1.82, 2.24) is 0 Å². The minimum Gasteiger partial charge on any atom is -0.466 e. The molecule has 2 aliphatic carbocycles. The molecular weight excluding hydrogens is 344 g/mol. The van der Waals surface area contributed by atoms with E-state index < -0.39 is 12.1 Å². The van der Waals surface area contributed by atoms with E-state index in [0.29, 0.717) is 17.6 Å². The molecule has 146 valence electrons. The second-order valence-electron chi connectivity index (χ2n) is 7.75. The van der Waals surface area contributed by atoms with E-state index >= 15 is 0 Å². The normalized spacial score (nSPS) is 27.1. The van der Waals surface area contributed by atoms with Crippen molar-refractivity contribution in [3.63, 3.8) is 0 Å². The van der Waals surface area contributed by atoms with Crippen molar-refractivity contribution in [2.24, 2.45) is 17.3 Å². The topological polar surface area (TPSA) is 69.7 Å². The van der Waals surface area contributed by atoms with Crippen LogP contribution in [0, 0.1) is 17.3 Å².